The number of halogens is 2. The number of carbonyl (C=O) groups is 1. The molecule has 2 rings (SSSR count). The Balaban J connectivity index is 1.96. The molecule has 21 heavy (non-hydrogen) atoms. The number of alkyl halides is 2. The molecule has 2 aromatic carbocycles. The molecular weight excluding hydrogens is 276 g/mol. The lowest BCUT2D eigenvalue weighted by molar-refractivity contribution is -0.0498. The highest BCUT2D eigenvalue weighted by Gasteiger charge is 2.07. The first-order valence-electron chi connectivity index (χ1n) is 6.43. The van der Waals surface area contributed by atoms with Gasteiger partial charge in [-0.2, -0.15) is 8.78 Å². The molecule has 0 heterocycles. The van der Waals surface area contributed by atoms with Crippen molar-refractivity contribution in [3.05, 3.63) is 65.2 Å². The van der Waals surface area contributed by atoms with Crippen LogP contribution in [0.1, 0.15) is 21.5 Å². The molecule has 0 bridgehead atoms. The average molecular weight is 291 g/mol. The first kappa shape index (κ1) is 15.0. The van der Waals surface area contributed by atoms with Gasteiger partial charge in [0.25, 0.3) is 5.91 Å². The number of carbonyl (C=O) groups excluding carboxylic acids is 1. The quantitative estimate of drug-likeness (QED) is 0.915. The molecule has 0 spiro atoms. The van der Waals surface area contributed by atoms with Crippen LogP contribution in [0.3, 0.4) is 0 Å². The number of nitrogens with one attached hydrogen (secondary N) is 1. The summed E-state index contributed by atoms with van der Waals surface area (Å²) in [6.45, 7) is -0.675. The van der Waals surface area contributed by atoms with Crippen molar-refractivity contribution in [1.29, 1.82) is 0 Å². The fourth-order valence-corrected chi connectivity index (χ4v) is 1.82. The third kappa shape index (κ3) is 4.56. The Labute approximate surface area is 121 Å². The second kappa shape index (κ2) is 6.83. The van der Waals surface area contributed by atoms with Gasteiger partial charge in [-0.05, 0) is 36.8 Å². The Bertz CT molecular complexity index is 612. The molecule has 5 heteroatoms. The minimum absolute atomic E-state index is 0.0760. The summed E-state index contributed by atoms with van der Waals surface area (Å²) >= 11 is 0. The number of amides is 1. The van der Waals surface area contributed by atoms with Crippen LogP contribution in [0.25, 0.3) is 0 Å². The van der Waals surface area contributed by atoms with Crippen LogP contribution in [0.5, 0.6) is 5.75 Å². The number of ether oxygens (including phenoxy) is 1. The zero-order valence-corrected chi connectivity index (χ0v) is 11.5. The minimum atomic E-state index is -2.86. The number of hydrogen-bond acceptors (Lipinski definition) is 2. The minimum Gasteiger partial charge on any atom is -0.435 e. The van der Waals surface area contributed by atoms with E-state index < -0.39 is 6.61 Å². The molecule has 3 nitrogen and oxygen atoms in total. The maximum atomic E-state index is 12.1. The van der Waals surface area contributed by atoms with E-state index in [9.17, 15) is 13.6 Å². The van der Waals surface area contributed by atoms with Crippen LogP contribution in [-0.2, 0) is 6.54 Å². The molecule has 0 saturated carbocycles. The van der Waals surface area contributed by atoms with E-state index >= 15 is 0 Å². The number of hydrogen-bond donors (Lipinski definition) is 1. The summed E-state index contributed by atoms with van der Waals surface area (Å²) in [5, 5.41) is 2.73. The zero-order valence-electron chi connectivity index (χ0n) is 11.5. The van der Waals surface area contributed by atoms with Gasteiger partial charge in [-0.15, -0.1) is 0 Å². The highest BCUT2D eigenvalue weighted by Crippen LogP contribution is 2.16. The summed E-state index contributed by atoms with van der Waals surface area (Å²) in [7, 11) is 0. The van der Waals surface area contributed by atoms with Gasteiger partial charge in [0.2, 0.25) is 0 Å². The highest BCUT2D eigenvalue weighted by atomic mass is 19.3. The number of aryl methyl sites for hydroxylation is 1. The normalized spacial score (nSPS) is 10.5. The first-order valence-corrected chi connectivity index (χ1v) is 6.43. The van der Waals surface area contributed by atoms with Crippen LogP contribution in [0.4, 0.5) is 8.78 Å². The highest BCUT2D eigenvalue weighted by molar-refractivity contribution is 5.94. The number of rotatable bonds is 5. The molecule has 1 N–H and O–H groups in total. The molecule has 0 aliphatic rings. The van der Waals surface area contributed by atoms with Crippen molar-refractivity contribution in [2.75, 3.05) is 0 Å². The van der Waals surface area contributed by atoms with Crippen molar-refractivity contribution < 1.29 is 18.3 Å². The molecule has 2 aromatic rings. The third-order valence-corrected chi connectivity index (χ3v) is 2.89. The van der Waals surface area contributed by atoms with Gasteiger partial charge in [-0.1, -0.05) is 29.8 Å². The fourth-order valence-electron chi connectivity index (χ4n) is 1.82. The van der Waals surface area contributed by atoms with E-state index in [-0.39, 0.29) is 18.2 Å². The van der Waals surface area contributed by atoms with Crippen LogP contribution in [0.2, 0.25) is 0 Å². The predicted octanol–water partition coefficient (Wildman–Crippen LogP) is 3.53. The van der Waals surface area contributed by atoms with Crippen molar-refractivity contribution >= 4 is 5.91 Å². The third-order valence-electron chi connectivity index (χ3n) is 2.89. The average Bonchev–Trinajstić information content (AvgIpc) is 2.45. The van der Waals surface area contributed by atoms with Crippen molar-refractivity contribution in [3.8, 4) is 5.75 Å². The maximum absolute atomic E-state index is 12.1. The lowest BCUT2D eigenvalue weighted by Crippen LogP contribution is -2.22. The lowest BCUT2D eigenvalue weighted by Gasteiger charge is -2.08. The van der Waals surface area contributed by atoms with Crippen LogP contribution >= 0.6 is 0 Å². The summed E-state index contributed by atoms with van der Waals surface area (Å²) in [6, 6.07) is 13.4. The zero-order chi connectivity index (χ0) is 15.2. The molecule has 0 aromatic heterocycles. The summed E-state index contributed by atoms with van der Waals surface area (Å²) in [4.78, 5) is 11.9. The molecule has 0 atom stereocenters. The monoisotopic (exact) mass is 291 g/mol. The fraction of sp³-hybridized carbons (Fsp3) is 0.188. The van der Waals surface area contributed by atoms with Gasteiger partial charge in [-0.3, -0.25) is 4.79 Å². The van der Waals surface area contributed by atoms with Gasteiger partial charge in [0.1, 0.15) is 5.75 Å². The Hall–Kier alpha value is -2.43. The van der Waals surface area contributed by atoms with Crippen molar-refractivity contribution in [1.82, 2.24) is 5.32 Å². The lowest BCUT2D eigenvalue weighted by atomic mass is 10.1. The maximum Gasteiger partial charge on any atom is 0.387 e. The summed E-state index contributed by atoms with van der Waals surface area (Å²) in [6.07, 6.45) is 0. The first-order chi connectivity index (χ1) is 10.0. The molecule has 0 saturated heterocycles. The second-order valence-electron chi connectivity index (χ2n) is 4.57. The standard InChI is InChI=1S/C16H15F2NO2/c1-11-5-7-13(8-6-11)15(20)19-10-12-3-2-4-14(9-12)21-16(17)18/h2-9,16H,10H2,1H3,(H,19,20). The number of benzene rings is 2. The topological polar surface area (TPSA) is 38.3 Å². The Morgan fingerprint density at radius 2 is 1.90 bits per heavy atom. The van der Waals surface area contributed by atoms with Gasteiger partial charge in [-0.25, -0.2) is 0 Å². The van der Waals surface area contributed by atoms with Crippen molar-refractivity contribution in [2.24, 2.45) is 0 Å². The van der Waals surface area contributed by atoms with Crippen LogP contribution in [0, 0.1) is 6.92 Å². The van der Waals surface area contributed by atoms with E-state index in [2.05, 4.69) is 10.1 Å². The molecule has 0 fully saturated rings. The molecule has 0 radical (unpaired) electrons. The van der Waals surface area contributed by atoms with E-state index in [1.54, 1.807) is 24.3 Å². The van der Waals surface area contributed by atoms with Crippen LogP contribution in [-0.4, -0.2) is 12.5 Å². The molecular formula is C16H15F2NO2. The smallest absolute Gasteiger partial charge is 0.387 e. The van der Waals surface area contributed by atoms with E-state index in [1.807, 2.05) is 19.1 Å². The molecule has 0 unspecified atom stereocenters. The van der Waals surface area contributed by atoms with Gasteiger partial charge in [0.05, 0.1) is 0 Å². The van der Waals surface area contributed by atoms with E-state index in [0.717, 1.165) is 5.56 Å². The van der Waals surface area contributed by atoms with Crippen LogP contribution < -0.4 is 10.1 Å². The van der Waals surface area contributed by atoms with Gasteiger partial charge < -0.3 is 10.1 Å². The van der Waals surface area contributed by atoms with E-state index in [4.69, 9.17) is 0 Å². The largest absolute Gasteiger partial charge is 0.435 e. The van der Waals surface area contributed by atoms with E-state index in [0.29, 0.717) is 11.1 Å². The molecule has 0 aliphatic heterocycles. The Morgan fingerprint density at radius 1 is 1.19 bits per heavy atom. The van der Waals surface area contributed by atoms with Gasteiger partial charge in [0.15, 0.2) is 0 Å². The Morgan fingerprint density at radius 3 is 2.57 bits per heavy atom. The van der Waals surface area contributed by atoms with E-state index in [1.165, 1.54) is 12.1 Å². The van der Waals surface area contributed by atoms with Crippen LogP contribution in [0.15, 0.2) is 48.5 Å². The molecule has 1 amide bonds. The molecule has 0 aliphatic carbocycles. The van der Waals surface area contributed by atoms with Gasteiger partial charge in [0, 0.05) is 12.1 Å². The predicted molar refractivity (Wildman–Crippen MR) is 75.4 cm³/mol. The van der Waals surface area contributed by atoms with Crippen molar-refractivity contribution in [3.63, 3.8) is 0 Å². The SMILES string of the molecule is Cc1ccc(C(=O)NCc2cccc(OC(F)F)c2)cc1. The summed E-state index contributed by atoms with van der Waals surface area (Å²) in [5.41, 5.74) is 2.32. The second-order valence-corrected chi connectivity index (χ2v) is 4.57. The summed E-state index contributed by atoms with van der Waals surface area (Å²) in [5.74, 6) is -0.137. The van der Waals surface area contributed by atoms with Crippen molar-refractivity contribution in [2.45, 2.75) is 20.1 Å². The Kier molecular flexibility index (Phi) is 4.87. The molecule has 110 valence electrons. The summed E-state index contributed by atoms with van der Waals surface area (Å²) < 4.78 is 28.6. The van der Waals surface area contributed by atoms with Gasteiger partial charge >= 0.3 is 6.61 Å².